The third-order valence-electron chi connectivity index (χ3n) is 4.61. The van der Waals surface area contributed by atoms with Gasteiger partial charge in [0.2, 0.25) is 0 Å². The maximum absolute atomic E-state index is 6.39. The Labute approximate surface area is 128 Å². The first-order valence-electron chi connectivity index (χ1n) is 8.19. The van der Waals surface area contributed by atoms with Gasteiger partial charge in [-0.25, -0.2) is 0 Å². The quantitative estimate of drug-likeness (QED) is 0.859. The molecule has 118 valence electrons. The lowest BCUT2D eigenvalue weighted by atomic mass is 9.88. The monoisotopic (exact) mass is 291 g/mol. The minimum atomic E-state index is -0.0145. The third-order valence-corrected chi connectivity index (χ3v) is 4.61. The Bertz CT molecular complexity index is 410. The molecule has 2 rings (SSSR count). The lowest BCUT2D eigenvalue weighted by Gasteiger charge is -2.32. The van der Waals surface area contributed by atoms with Gasteiger partial charge >= 0.3 is 0 Å². The van der Waals surface area contributed by atoms with Crippen molar-refractivity contribution in [1.82, 2.24) is 0 Å². The number of ether oxygens (including phenoxy) is 2. The van der Waals surface area contributed by atoms with E-state index < -0.39 is 0 Å². The summed E-state index contributed by atoms with van der Waals surface area (Å²) >= 11 is 0. The SMILES string of the molecule is CCC(N)C(OC1CCC(C)CC1)c1ccc(OC)cc1. The summed E-state index contributed by atoms with van der Waals surface area (Å²) in [6, 6.07) is 8.15. The highest BCUT2D eigenvalue weighted by molar-refractivity contribution is 5.29. The highest BCUT2D eigenvalue weighted by Gasteiger charge is 2.26. The van der Waals surface area contributed by atoms with E-state index in [1.54, 1.807) is 7.11 Å². The molecule has 0 amide bonds. The first-order valence-corrected chi connectivity index (χ1v) is 8.19. The van der Waals surface area contributed by atoms with Gasteiger partial charge in [-0.2, -0.15) is 0 Å². The second kappa shape index (κ2) is 7.81. The van der Waals surface area contributed by atoms with E-state index in [1.807, 2.05) is 12.1 Å². The van der Waals surface area contributed by atoms with Crippen molar-refractivity contribution in [1.29, 1.82) is 0 Å². The molecule has 0 aliphatic heterocycles. The second-order valence-electron chi connectivity index (χ2n) is 6.28. The van der Waals surface area contributed by atoms with Crippen molar-refractivity contribution in [3.63, 3.8) is 0 Å². The van der Waals surface area contributed by atoms with Crippen LogP contribution in [0.1, 0.15) is 57.6 Å². The van der Waals surface area contributed by atoms with Crippen LogP contribution in [-0.2, 0) is 4.74 Å². The van der Waals surface area contributed by atoms with Gasteiger partial charge in [-0.15, -0.1) is 0 Å². The van der Waals surface area contributed by atoms with E-state index in [2.05, 4.69) is 26.0 Å². The van der Waals surface area contributed by atoms with Gasteiger partial charge in [0.25, 0.3) is 0 Å². The Morgan fingerprint density at radius 2 is 1.76 bits per heavy atom. The minimum Gasteiger partial charge on any atom is -0.497 e. The maximum atomic E-state index is 6.39. The predicted octanol–water partition coefficient (Wildman–Crippen LogP) is 4.07. The molecule has 3 nitrogen and oxygen atoms in total. The van der Waals surface area contributed by atoms with Crippen molar-refractivity contribution in [3.05, 3.63) is 29.8 Å². The zero-order valence-corrected chi connectivity index (χ0v) is 13.5. The van der Waals surface area contributed by atoms with Crippen LogP contribution in [-0.4, -0.2) is 19.3 Å². The summed E-state index contributed by atoms with van der Waals surface area (Å²) in [5, 5.41) is 0. The molecular formula is C18H29NO2. The van der Waals surface area contributed by atoms with Crippen LogP contribution in [0, 0.1) is 5.92 Å². The van der Waals surface area contributed by atoms with E-state index in [1.165, 1.54) is 12.8 Å². The molecule has 0 radical (unpaired) electrons. The van der Waals surface area contributed by atoms with Crippen LogP contribution in [0.4, 0.5) is 0 Å². The molecule has 0 heterocycles. The molecule has 2 atom stereocenters. The molecule has 3 heteroatoms. The highest BCUT2D eigenvalue weighted by atomic mass is 16.5. The van der Waals surface area contributed by atoms with Crippen LogP contribution in [0.15, 0.2) is 24.3 Å². The predicted molar refractivity (Wildman–Crippen MR) is 86.5 cm³/mol. The third kappa shape index (κ3) is 4.45. The van der Waals surface area contributed by atoms with E-state index in [4.69, 9.17) is 15.2 Å². The van der Waals surface area contributed by atoms with Gasteiger partial charge in [0, 0.05) is 6.04 Å². The molecule has 1 aliphatic rings. The molecule has 1 aliphatic carbocycles. The largest absolute Gasteiger partial charge is 0.497 e. The van der Waals surface area contributed by atoms with Crippen LogP contribution < -0.4 is 10.5 Å². The van der Waals surface area contributed by atoms with Gasteiger partial charge in [-0.05, 0) is 55.7 Å². The molecule has 0 aromatic heterocycles. The second-order valence-corrected chi connectivity index (χ2v) is 6.28. The first kappa shape index (κ1) is 16.3. The van der Waals surface area contributed by atoms with Crippen LogP contribution >= 0.6 is 0 Å². The first-order chi connectivity index (χ1) is 10.1. The Balaban J connectivity index is 2.06. The Hall–Kier alpha value is -1.06. The van der Waals surface area contributed by atoms with Crippen LogP contribution in [0.3, 0.4) is 0 Å². The van der Waals surface area contributed by atoms with Gasteiger partial charge in [-0.3, -0.25) is 0 Å². The normalized spacial score (nSPS) is 25.3. The van der Waals surface area contributed by atoms with E-state index in [9.17, 15) is 0 Å². The molecular weight excluding hydrogens is 262 g/mol. The lowest BCUT2D eigenvalue weighted by Crippen LogP contribution is -2.33. The minimum absolute atomic E-state index is 0.0145. The summed E-state index contributed by atoms with van der Waals surface area (Å²) in [5.41, 5.74) is 7.46. The Kier molecular flexibility index (Phi) is 6.07. The lowest BCUT2D eigenvalue weighted by molar-refractivity contribution is -0.0488. The number of benzene rings is 1. The van der Waals surface area contributed by atoms with Crippen molar-refractivity contribution in [2.75, 3.05) is 7.11 Å². The van der Waals surface area contributed by atoms with Gasteiger partial charge in [0.1, 0.15) is 5.75 Å². The van der Waals surface area contributed by atoms with Crippen LogP contribution in [0.25, 0.3) is 0 Å². The highest BCUT2D eigenvalue weighted by Crippen LogP contribution is 2.32. The number of hydrogen-bond acceptors (Lipinski definition) is 3. The van der Waals surface area contributed by atoms with Gasteiger partial charge in [0.05, 0.1) is 19.3 Å². The number of methoxy groups -OCH3 is 1. The fourth-order valence-corrected chi connectivity index (χ4v) is 3.01. The number of hydrogen-bond donors (Lipinski definition) is 1. The molecule has 1 fully saturated rings. The molecule has 2 N–H and O–H groups in total. The molecule has 0 bridgehead atoms. The molecule has 0 spiro atoms. The van der Waals surface area contributed by atoms with E-state index >= 15 is 0 Å². The standard InChI is InChI=1S/C18H29NO2/c1-4-17(19)18(14-7-11-15(20-3)12-8-14)21-16-9-5-13(2)6-10-16/h7-8,11-13,16-18H,4-6,9-10,19H2,1-3H3. The van der Waals surface area contributed by atoms with Crippen LogP contribution in [0.5, 0.6) is 5.75 Å². The summed E-state index contributed by atoms with van der Waals surface area (Å²) in [4.78, 5) is 0. The fourth-order valence-electron chi connectivity index (χ4n) is 3.01. The van der Waals surface area contributed by atoms with Crippen molar-refractivity contribution in [2.45, 2.75) is 64.2 Å². The fraction of sp³-hybridized carbons (Fsp3) is 0.667. The summed E-state index contributed by atoms with van der Waals surface area (Å²) in [5.74, 6) is 1.71. The van der Waals surface area contributed by atoms with E-state index in [0.29, 0.717) is 6.10 Å². The topological polar surface area (TPSA) is 44.5 Å². The average molecular weight is 291 g/mol. The van der Waals surface area contributed by atoms with Crippen molar-refractivity contribution < 1.29 is 9.47 Å². The zero-order valence-electron chi connectivity index (χ0n) is 13.5. The van der Waals surface area contributed by atoms with Crippen molar-refractivity contribution in [2.24, 2.45) is 11.7 Å². The molecule has 2 unspecified atom stereocenters. The smallest absolute Gasteiger partial charge is 0.118 e. The van der Waals surface area contributed by atoms with E-state index in [0.717, 1.165) is 36.5 Å². The van der Waals surface area contributed by atoms with Gasteiger partial charge < -0.3 is 15.2 Å². The Morgan fingerprint density at radius 3 is 2.29 bits per heavy atom. The zero-order chi connectivity index (χ0) is 15.2. The van der Waals surface area contributed by atoms with Gasteiger partial charge in [-0.1, -0.05) is 26.0 Å². The van der Waals surface area contributed by atoms with Crippen molar-refractivity contribution in [3.8, 4) is 5.75 Å². The van der Waals surface area contributed by atoms with Crippen molar-refractivity contribution >= 4 is 0 Å². The number of rotatable bonds is 6. The molecule has 1 aromatic rings. The number of nitrogens with two attached hydrogens (primary N) is 1. The summed E-state index contributed by atoms with van der Waals surface area (Å²) in [6.45, 7) is 4.45. The molecule has 0 saturated heterocycles. The van der Waals surface area contributed by atoms with Gasteiger partial charge in [0.15, 0.2) is 0 Å². The summed E-state index contributed by atoms with van der Waals surface area (Å²) in [7, 11) is 1.68. The Morgan fingerprint density at radius 1 is 1.14 bits per heavy atom. The summed E-state index contributed by atoms with van der Waals surface area (Å²) in [6.07, 6.45) is 6.10. The average Bonchev–Trinajstić information content (AvgIpc) is 2.54. The molecule has 1 saturated carbocycles. The van der Waals surface area contributed by atoms with Crippen LogP contribution in [0.2, 0.25) is 0 Å². The maximum Gasteiger partial charge on any atom is 0.118 e. The summed E-state index contributed by atoms with van der Waals surface area (Å²) < 4.78 is 11.6. The van der Waals surface area contributed by atoms with E-state index in [-0.39, 0.29) is 12.1 Å². The molecule has 21 heavy (non-hydrogen) atoms. The molecule has 1 aromatic carbocycles.